The highest BCUT2D eigenvalue weighted by Crippen LogP contribution is 2.36. The predicted octanol–water partition coefficient (Wildman–Crippen LogP) is 5.74. The summed E-state index contributed by atoms with van der Waals surface area (Å²) in [5.74, 6) is -0.127. The van der Waals surface area contributed by atoms with Crippen molar-refractivity contribution in [1.29, 1.82) is 0 Å². The van der Waals surface area contributed by atoms with Crippen molar-refractivity contribution < 1.29 is 4.79 Å². The van der Waals surface area contributed by atoms with Gasteiger partial charge in [-0.25, -0.2) is 4.98 Å². The number of hydrogen-bond acceptors (Lipinski definition) is 4. The lowest BCUT2D eigenvalue weighted by atomic mass is 9.90. The molecule has 0 aliphatic carbocycles. The summed E-state index contributed by atoms with van der Waals surface area (Å²) in [4.78, 5) is 22.8. The maximum atomic E-state index is 13.6. The van der Waals surface area contributed by atoms with Crippen LogP contribution in [0.25, 0.3) is 10.2 Å². The van der Waals surface area contributed by atoms with Gasteiger partial charge < -0.3 is 9.80 Å². The number of halogens is 1. The van der Waals surface area contributed by atoms with Crippen LogP contribution < -0.4 is 4.90 Å². The molecule has 1 fully saturated rings. The minimum absolute atomic E-state index is 0.158. The molecular formula is C26H24ClN3OS. The molecule has 3 aromatic carbocycles. The lowest BCUT2D eigenvalue weighted by molar-refractivity contribution is -0.132. The molecule has 4 aromatic rings. The molecule has 0 atom stereocenters. The topological polar surface area (TPSA) is 36.4 Å². The van der Waals surface area contributed by atoms with Gasteiger partial charge in [0.05, 0.1) is 21.2 Å². The van der Waals surface area contributed by atoms with Crippen molar-refractivity contribution >= 4 is 44.2 Å². The minimum Gasteiger partial charge on any atom is -0.345 e. The van der Waals surface area contributed by atoms with Crippen molar-refractivity contribution in [3.8, 4) is 0 Å². The van der Waals surface area contributed by atoms with Crippen LogP contribution in [-0.4, -0.2) is 42.0 Å². The first-order valence-corrected chi connectivity index (χ1v) is 12.0. The predicted molar refractivity (Wildman–Crippen MR) is 133 cm³/mol. The molecule has 0 spiro atoms. The van der Waals surface area contributed by atoms with Gasteiger partial charge in [0.15, 0.2) is 5.13 Å². The molecule has 32 heavy (non-hydrogen) atoms. The van der Waals surface area contributed by atoms with Gasteiger partial charge in [0.25, 0.3) is 0 Å². The monoisotopic (exact) mass is 461 g/mol. The van der Waals surface area contributed by atoms with Crippen molar-refractivity contribution in [2.45, 2.75) is 12.8 Å². The zero-order valence-electron chi connectivity index (χ0n) is 17.9. The lowest BCUT2D eigenvalue weighted by Crippen LogP contribution is -2.50. The highest BCUT2D eigenvalue weighted by atomic mass is 35.5. The largest absolute Gasteiger partial charge is 0.345 e. The standard InChI is InChI=1S/C26H24ClN3OS/c1-18-12-13-21(27)24-23(18)28-26(32-24)30-16-14-29(15-17-30)25(31)22(19-8-4-2-5-9-19)20-10-6-3-7-11-20/h2-13,22H,14-17H2,1H3. The number of piperazine rings is 1. The fourth-order valence-electron chi connectivity index (χ4n) is 4.30. The minimum atomic E-state index is -0.284. The smallest absolute Gasteiger partial charge is 0.234 e. The number of aryl methyl sites for hydroxylation is 1. The molecule has 2 heterocycles. The van der Waals surface area contributed by atoms with Gasteiger partial charge in [0, 0.05) is 26.2 Å². The lowest BCUT2D eigenvalue weighted by Gasteiger charge is -2.36. The van der Waals surface area contributed by atoms with Gasteiger partial charge in [-0.05, 0) is 29.7 Å². The van der Waals surface area contributed by atoms with Crippen molar-refractivity contribution in [3.63, 3.8) is 0 Å². The molecule has 6 heteroatoms. The number of nitrogens with zero attached hydrogens (tertiary/aromatic N) is 3. The van der Waals surface area contributed by atoms with Gasteiger partial charge in [-0.15, -0.1) is 0 Å². The number of thiazole rings is 1. The third-order valence-corrected chi connectivity index (χ3v) is 7.64. The molecule has 162 valence electrons. The normalized spacial score (nSPS) is 14.3. The molecule has 1 aliphatic heterocycles. The molecule has 0 radical (unpaired) electrons. The highest BCUT2D eigenvalue weighted by molar-refractivity contribution is 7.22. The molecule has 0 N–H and O–H groups in total. The van der Waals surface area contributed by atoms with Gasteiger partial charge in [0.1, 0.15) is 0 Å². The number of anilines is 1. The Hall–Kier alpha value is -2.89. The number of hydrogen-bond donors (Lipinski definition) is 0. The number of amides is 1. The van der Waals surface area contributed by atoms with Crippen molar-refractivity contribution in [2.75, 3.05) is 31.1 Å². The van der Waals surface area contributed by atoms with Crippen LogP contribution in [0, 0.1) is 6.92 Å². The molecule has 1 aliphatic rings. The summed E-state index contributed by atoms with van der Waals surface area (Å²) in [6.07, 6.45) is 0. The van der Waals surface area contributed by atoms with Crippen LogP contribution in [0.15, 0.2) is 72.8 Å². The van der Waals surface area contributed by atoms with Gasteiger partial charge in [0.2, 0.25) is 5.91 Å². The van der Waals surface area contributed by atoms with Crippen molar-refractivity contribution in [2.24, 2.45) is 0 Å². The summed E-state index contributed by atoms with van der Waals surface area (Å²) in [6.45, 7) is 4.94. The second-order valence-corrected chi connectivity index (χ2v) is 9.49. The molecule has 4 nitrogen and oxygen atoms in total. The highest BCUT2D eigenvalue weighted by Gasteiger charge is 2.30. The number of rotatable bonds is 4. The van der Waals surface area contributed by atoms with E-state index in [0.717, 1.165) is 50.2 Å². The first-order chi connectivity index (χ1) is 15.6. The van der Waals surface area contributed by atoms with E-state index in [1.54, 1.807) is 11.3 Å². The van der Waals surface area contributed by atoms with Gasteiger partial charge >= 0.3 is 0 Å². The van der Waals surface area contributed by atoms with Gasteiger partial charge in [-0.1, -0.05) is 89.7 Å². The van der Waals surface area contributed by atoms with E-state index in [9.17, 15) is 4.79 Å². The van der Waals surface area contributed by atoms with Crippen LogP contribution in [0.1, 0.15) is 22.6 Å². The van der Waals surface area contributed by atoms with Crippen molar-refractivity contribution in [3.05, 3.63) is 94.5 Å². The van der Waals surface area contributed by atoms with Crippen LogP contribution in [0.5, 0.6) is 0 Å². The van der Waals surface area contributed by atoms with Crippen LogP contribution in [0.3, 0.4) is 0 Å². The third-order valence-electron chi connectivity index (χ3n) is 6.06. The average Bonchev–Trinajstić information content (AvgIpc) is 3.30. The van der Waals surface area contributed by atoms with Crippen LogP contribution >= 0.6 is 22.9 Å². The second kappa shape index (κ2) is 8.93. The van der Waals surface area contributed by atoms with Crippen molar-refractivity contribution in [1.82, 2.24) is 9.88 Å². The Morgan fingerprint density at radius 2 is 1.50 bits per heavy atom. The first-order valence-electron chi connectivity index (χ1n) is 10.8. The summed E-state index contributed by atoms with van der Waals surface area (Å²) in [6, 6.07) is 24.1. The molecule has 0 bridgehead atoms. The van der Waals surface area contributed by atoms with Gasteiger partial charge in [-0.3, -0.25) is 4.79 Å². The molecule has 5 rings (SSSR count). The Morgan fingerprint density at radius 3 is 2.06 bits per heavy atom. The summed E-state index contributed by atoms with van der Waals surface area (Å²) in [5, 5.41) is 1.72. The molecule has 0 unspecified atom stereocenters. The van der Waals surface area contributed by atoms with E-state index in [-0.39, 0.29) is 11.8 Å². The number of carbonyl (C=O) groups excluding carboxylic acids is 1. The Morgan fingerprint density at radius 1 is 0.906 bits per heavy atom. The number of aromatic nitrogens is 1. The van der Waals surface area contributed by atoms with E-state index < -0.39 is 0 Å². The quantitative estimate of drug-likeness (QED) is 0.389. The number of fused-ring (bicyclic) bond motifs is 1. The average molecular weight is 462 g/mol. The van der Waals surface area contributed by atoms with Crippen LogP contribution in [0.4, 0.5) is 5.13 Å². The zero-order chi connectivity index (χ0) is 22.1. The SMILES string of the molecule is Cc1ccc(Cl)c2sc(N3CCN(C(=O)C(c4ccccc4)c4ccccc4)CC3)nc12. The Balaban J connectivity index is 1.35. The molecule has 1 aromatic heterocycles. The summed E-state index contributed by atoms with van der Waals surface area (Å²) in [7, 11) is 0. The van der Waals surface area contributed by atoms with E-state index in [0.29, 0.717) is 13.1 Å². The van der Waals surface area contributed by atoms with Gasteiger partial charge in [-0.2, -0.15) is 0 Å². The Labute approximate surface area is 197 Å². The van der Waals surface area contributed by atoms with E-state index in [1.807, 2.05) is 77.7 Å². The third kappa shape index (κ3) is 3.98. The number of carbonyl (C=O) groups is 1. The van der Waals surface area contributed by atoms with Crippen LogP contribution in [-0.2, 0) is 4.79 Å². The Bertz CT molecular complexity index is 1160. The van der Waals surface area contributed by atoms with E-state index in [2.05, 4.69) is 11.8 Å². The fourth-order valence-corrected chi connectivity index (χ4v) is 5.66. The Kier molecular flexibility index (Phi) is 5.85. The van der Waals surface area contributed by atoms with E-state index in [4.69, 9.17) is 16.6 Å². The number of benzene rings is 3. The van der Waals surface area contributed by atoms with E-state index in [1.165, 1.54) is 0 Å². The maximum Gasteiger partial charge on any atom is 0.234 e. The first kappa shape index (κ1) is 21.0. The molecule has 0 saturated carbocycles. The fraction of sp³-hybridized carbons (Fsp3) is 0.231. The van der Waals surface area contributed by atoms with E-state index >= 15 is 0 Å². The molecular weight excluding hydrogens is 438 g/mol. The second-order valence-electron chi connectivity index (χ2n) is 8.11. The van der Waals surface area contributed by atoms with Crippen LogP contribution in [0.2, 0.25) is 5.02 Å². The summed E-state index contributed by atoms with van der Waals surface area (Å²) in [5.41, 5.74) is 4.17. The summed E-state index contributed by atoms with van der Waals surface area (Å²) >= 11 is 8.03. The zero-order valence-corrected chi connectivity index (χ0v) is 19.4. The molecule has 1 amide bonds. The summed E-state index contributed by atoms with van der Waals surface area (Å²) < 4.78 is 1.04. The maximum absolute atomic E-state index is 13.6. The molecule has 1 saturated heterocycles.